The molecule has 0 atom stereocenters. The zero-order valence-corrected chi connectivity index (χ0v) is 10.7. The highest BCUT2D eigenvalue weighted by Crippen LogP contribution is 2.23. The number of rotatable bonds is 3. The van der Waals surface area contributed by atoms with Crippen LogP contribution in [0.15, 0.2) is 22.8 Å². The molecule has 15 heavy (non-hydrogen) atoms. The van der Waals surface area contributed by atoms with Gasteiger partial charge in [-0.1, -0.05) is 0 Å². The lowest BCUT2D eigenvalue weighted by molar-refractivity contribution is -0.148. The van der Waals surface area contributed by atoms with Gasteiger partial charge in [-0.15, -0.1) is 0 Å². The molecule has 1 rings (SSSR count). The van der Waals surface area contributed by atoms with Crippen LogP contribution < -0.4 is 0 Å². The lowest BCUT2D eigenvalue weighted by atomic mass is 9.89. The average Bonchev–Trinajstić information content (AvgIpc) is 2.18. The van der Waals surface area contributed by atoms with Crippen LogP contribution in [0.3, 0.4) is 0 Å². The predicted molar refractivity (Wildman–Crippen MR) is 61.6 cm³/mol. The van der Waals surface area contributed by atoms with Gasteiger partial charge in [0, 0.05) is 10.7 Å². The number of carbonyl (C=O) groups excluding carboxylic acids is 1. The topological polar surface area (TPSA) is 39.2 Å². The Morgan fingerprint density at radius 3 is 2.67 bits per heavy atom. The van der Waals surface area contributed by atoms with E-state index in [0.29, 0.717) is 12.3 Å². The van der Waals surface area contributed by atoms with E-state index < -0.39 is 5.41 Å². The number of aromatic nitrogens is 1. The SMILES string of the molecule is CCOC(=O)C(C)(C)c1ccc(Br)cn1. The first-order valence-electron chi connectivity index (χ1n) is 4.77. The van der Waals surface area contributed by atoms with Gasteiger partial charge in [-0.2, -0.15) is 0 Å². The van der Waals surface area contributed by atoms with Crippen molar-refractivity contribution in [3.63, 3.8) is 0 Å². The lowest BCUT2D eigenvalue weighted by Gasteiger charge is -2.21. The second-order valence-electron chi connectivity index (χ2n) is 3.71. The second-order valence-corrected chi connectivity index (χ2v) is 4.62. The maximum Gasteiger partial charge on any atom is 0.317 e. The number of nitrogens with zero attached hydrogens (tertiary/aromatic N) is 1. The zero-order valence-electron chi connectivity index (χ0n) is 9.08. The molecule has 0 aliphatic carbocycles. The van der Waals surface area contributed by atoms with Crippen molar-refractivity contribution in [2.45, 2.75) is 26.2 Å². The van der Waals surface area contributed by atoms with E-state index in [0.717, 1.165) is 4.47 Å². The van der Waals surface area contributed by atoms with Gasteiger partial charge in [-0.05, 0) is 48.8 Å². The van der Waals surface area contributed by atoms with Gasteiger partial charge in [-0.3, -0.25) is 9.78 Å². The highest BCUT2D eigenvalue weighted by molar-refractivity contribution is 9.10. The summed E-state index contributed by atoms with van der Waals surface area (Å²) in [5, 5.41) is 0. The largest absolute Gasteiger partial charge is 0.465 e. The first kappa shape index (κ1) is 12.2. The molecule has 0 radical (unpaired) electrons. The van der Waals surface area contributed by atoms with Gasteiger partial charge in [0.2, 0.25) is 0 Å². The molecule has 0 fully saturated rings. The van der Waals surface area contributed by atoms with Gasteiger partial charge in [0.15, 0.2) is 0 Å². The maximum absolute atomic E-state index is 11.7. The van der Waals surface area contributed by atoms with Gasteiger partial charge in [-0.25, -0.2) is 0 Å². The Kier molecular flexibility index (Phi) is 3.85. The van der Waals surface area contributed by atoms with Crippen molar-refractivity contribution in [3.05, 3.63) is 28.5 Å². The highest BCUT2D eigenvalue weighted by Gasteiger charge is 2.32. The molecule has 0 aromatic carbocycles. The number of pyridine rings is 1. The fourth-order valence-corrected chi connectivity index (χ4v) is 1.40. The standard InChI is InChI=1S/C11H14BrNO2/c1-4-15-10(14)11(2,3)9-6-5-8(12)7-13-9/h5-7H,4H2,1-3H3. The van der Waals surface area contributed by atoms with Crippen molar-refractivity contribution < 1.29 is 9.53 Å². The fraction of sp³-hybridized carbons (Fsp3) is 0.455. The van der Waals surface area contributed by atoms with Gasteiger partial charge < -0.3 is 4.74 Å². The van der Waals surface area contributed by atoms with E-state index in [1.165, 1.54) is 0 Å². The number of hydrogen-bond donors (Lipinski definition) is 0. The molecule has 0 saturated carbocycles. The maximum atomic E-state index is 11.7. The number of ether oxygens (including phenoxy) is 1. The minimum absolute atomic E-state index is 0.250. The third-order valence-electron chi connectivity index (χ3n) is 2.15. The van der Waals surface area contributed by atoms with Gasteiger partial charge >= 0.3 is 5.97 Å². The van der Waals surface area contributed by atoms with Crippen molar-refractivity contribution >= 4 is 21.9 Å². The molecule has 0 amide bonds. The summed E-state index contributed by atoms with van der Waals surface area (Å²) in [6, 6.07) is 3.68. The van der Waals surface area contributed by atoms with E-state index in [4.69, 9.17) is 4.74 Å². The summed E-state index contributed by atoms with van der Waals surface area (Å²) in [5.74, 6) is -0.250. The summed E-state index contributed by atoms with van der Waals surface area (Å²) in [5.41, 5.74) is 0.0145. The Morgan fingerprint density at radius 1 is 1.53 bits per heavy atom. The molecule has 0 aliphatic heterocycles. The summed E-state index contributed by atoms with van der Waals surface area (Å²) in [4.78, 5) is 15.9. The van der Waals surface area contributed by atoms with Crippen molar-refractivity contribution in [1.29, 1.82) is 0 Å². The smallest absolute Gasteiger partial charge is 0.317 e. The van der Waals surface area contributed by atoms with Crippen LogP contribution in [-0.2, 0) is 14.9 Å². The molecule has 82 valence electrons. The molecule has 1 aromatic rings. The highest BCUT2D eigenvalue weighted by atomic mass is 79.9. The quantitative estimate of drug-likeness (QED) is 0.794. The second kappa shape index (κ2) is 4.75. The van der Waals surface area contributed by atoms with E-state index in [1.54, 1.807) is 27.0 Å². The Morgan fingerprint density at radius 2 is 2.20 bits per heavy atom. The van der Waals surface area contributed by atoms with Crippen molar-refractivity contribution in [3.8, 4) is 0 Å². The molecule has 0 aliphatic rings. The van der Waals surface area contributed by atoms with Crippen LogP contribution in [0.25, 0.3) is 0 Å². The van der Waals surface area contributed by atoms with Crippen molar-refractivity contribution in [2.24, 2.45) is 0 Å². The molecule has 0 unspecified atom stereocenters. The van der Waals surface area contributed by atoms with Crippen molar-refractivity contribution in [2.75, 3.05) is 6.61 Å². The molecule has 4 heteroatoms. The summed E-state index contributed by atoms with van der Waals surface area (Å²) in [7, 11) is 0. The Balaban J connectivity index is 2.94. The molecular formula is C11H14BrNO2. The monoisotopic (exact) mass is 271 g/mol. The van der Waals surface area contributed by atoms with E-state index in [1.807, 2.05) is 12.1 Å². The molecular weight excluding hydrogens is 258 g/mol. The summed E-state index contributed by atoms with van der Waals surface area (Å²) in [6.07, 6.45) is 1.68. The van der Waals surface area contributed by atoms with E-state index in [-0.39, 0.29) is 5.97 Å². The Labute approximate surface area is 98.0 Å². The number of esters is 1. The van der Waals surface area contributed by atoms with Crippen LogP contribution in [0.4, 0.5) is 0 Å². The van der Waals surface area contributed by atoms with Crippen molar-refractivity contribution in [1.82, 2.24) is 4.98 Å². The molecule has 0 saturated heterocycles. The molecule has 0 spiro atoms. The predicted octanol–water partition coefficient (Wildman–Crippen LogP) is 2.68. The third-order valence-corrected chi connectivity index (χ3v) is 2.62. The van der Waals surface area contributed by atoms with E-state index in [9.17, 15) is 4.79 Å². The average molecular weight is 272 g/mol. The van der Waals surface area contributed by atoms with Crippen LogP contribution in [0.5, 0.6) is 0 Å². The first-order valence-corrected chi connectivity index (χ1v) is 5.57. The Bertz CT molecular complexity index is 346. The third kappa shape index (κ3) is 2.78. The van der Waals surface area contributed by atoms with Crippen LogP contribution in [0.1, 0.15) is 26.5 Å². The van der Waals surface area contributed by atoms with Gasteiger partial charge in [0.05, 0.1) is 12.3 Å². The number of carbonyl (C=O) groups is 1. The molecule has 1 heterocycles. The van der Waals surface area contributed by atoms with Gasteiger partial charge in [0.1, 0.15) is 5.41 Å². The van der Waals surface area contributed by atoms with E-state index >= 15 is 0 Å². The van der Waals surface area contributed by atoms with Crippen LogP contribution in [0.2, 0.25) is 0 Å². The minimum Gasteiger partial charge on any atom is -0.465 e. The number of hydrogen-bond acceptors (Lipinski definition) is 3. The number of halogens is 1. The summed E-state index contributed by atoms with van der Waals surface area (Å²) >= 11 is 3.30. The van der Waals surface area contributed by atoms with Crippen LogP contribution in [0, 0.1) is 0 Å². The van der Waals surface area contributed by atoms with E-state index in [2.05, 4.69) is 20.9 Å². The normalized spacial score (nSPS) is 11.2. The summed E-state index contributed by atoms with van der Waals surface area (Å²) in [6.45, 7) is 5.80. The van der Waals surface area contributed by atoms with Crippen LogP contribution >= 0.6 is 15.9 Å². The minimum atomic E-state index is -0.698. The van der Waals surface area contributed by atoms with Gasteiger partial charge in [0.25, 0.3) is 0 Å². The molecule has 0 bridgehead atoms. The molecule has 1 aromatic heterocycles. The molecule has 0 N–H and O–H groups in total. The first-order chi connectivity index (χ1) is 6.98. The van der Waals surface area contributed by atoms with Crippen LogP contribution in [-0.4, -0.2) is 17.6 Å². The lowest BCUT2D eigenvalue weighted by Crippen LogP contribution is -2.32. The molecule has 3 nitrogen and oxygen atoms in total. The zero-order chi connectivity index (χ0) is 11.5. The Hall–Kier alpha value is -0.900. The fourth-order valence-electron chi connectivity index (χ4n) is 1.16. The summed E-state index contributed by atoms with van der Waals surface area (Å²) < 4.78 is 5.90.